The Kier molecular flexibility index (Phi) is 1.59. The molecule has 3 rings (SSSR count). The van der Waals surface area contributed by atoms with E-state index in [1.807, 2.05) is 16.8 Å². The lowest BCUT2D eigenvalue weighted by molar-refractivity contribution is 0.100. The van der Waals surface area contributed by atoms with Gasteiger partial charge in [-0.15, -0.1) is 0 Å². The number of para-hydroxylation sites is 1. The van der Waals surface area contributed by atoms with E-state index in [0.29, 0.717) is 11.6 Å². The van der Waals surface area contributed by atoms with Crippen molar-refractivity contribution in [3.63, 3.8) is 0 Å². The molecule has 0 bridgehead atoms. The summed E-state index contributed by atoms with van der Waals surface area (Å²) >= 11 is 0. The van der Waals surface area contributed by atoms with Crippen LogP contribution in [0.4, 0.5) is 0 Å². The SMILES string of the molecule is NC(=O)c1cccc2cnn(C3CC3)c12. The monoisotopic (exact) mass is 201 g/mol. The number of carbonyl (C=O) groups is 1. The lowest BCUT2D eigenvalue weighted by Gasteiger charge is -2.03. The van der Waals surface area contributed by atoms with Gasteiger partial charge in [0.15, 0.2) is 0 Å². The third-order valence-electron chi connectivity index (χ3n) is 2.78. The van der Waals surface area contributed by atoms with Crippen LogP contribution in [0.2, 0.25) is 0 Å². The maximum absolute atomic E-state index is 11.3. The molecule has 0 radical (unpaired) electrons. The number of hydrogen-bond acceptors (Lipinski definition) is 2. The van der Waals surface area contributed by atoms with Crippen LogP contribution in [0.3, 0.4) is 0 Å². The summed E-state index contributed by atoms with van der Waals surface area (Å²) in [5, 5.41) is 5.29. The summed E-state index contributed by atoms with van der Waals surface area (Å²) in [6.07, 6.45) is 4.08. The van der Waals surface area contributed by atoms with Gasteiger partial charge in [-0.2, -0.15) is 5.10 Å². The maximum atomic E-state index is 11.3. The third kappa shape index (κ3) is 1.21. The smallest absolute Gasteiger partial charge is 0.250 e. The topological polar surface area (TPSA) is 60.9 Å². The van der Waals surface area contributed by atoms with E-state index in [0.717, 1.165) is 23.7 Å². The number of hydrogen-bond donors (Lipinski definition) is 1. The minimum atomic E-state index is -0.386. The van der Waals surface area contributed by atoms with Crippen LogP contribution >= 0.6 is 0 Å². The molecule has 76 valence electrons. The lowest BCUT2D eigenvalue weighted by Crippen LogP contribution is -2.13. The Balaban J connectivity index is 2.33. The Labute approximate surface area is 86.7 Å². The highest BCUT2D eigenvalue weighted by Crippen LogP contribution is 2.37. The summed E-state index contributed by atoms with van der Waals surface area (Å²) in [5.41, 5.74) is 6.80. The zero-order chi connectivity index (χ0) is 10.4. The second kappa shape index (κ2) is 2.82. The Bertz CT molecular complexity index is 540. The molecule has 0 aliphatic heterocycles. The fourth-order valence-electron chi connectivity index (χ4n) is 1.90. The van der Waals surface area contributed by atoms with E-state index < -0.39 is 0 Å². The summed E-state index contributed by atoms with van der Waals surface area (Å²) in [6, 6.07) is 6.00. The van der Waals surface area contributed by atoms with Gasteiger partial charge in [-0.05, 0) is 18.9 Å². The summed E-state index contributed by atoms with van der Waals surface area (Å²) < 4.78 is 1.93. The largest absolute Gasteiger partial charge is 0.366 e. The van der Waals surface area contributed by atoms with Gasteiger partial charge in [0.1, 0.15) is 0 Å². The van der Waals surface area contributed by atoms with Crippen molar-refractivity contribution in [1.29, 1.82) is 0 Å². The summed E-state index contributed by atoms with van der Waals surface area (Å²) in [7, 11) is 0. The minimum absolute atomic E-state index is 0.386. The second-order valence-corrected chi connectivity index (χ2v) is 3.93. The average Bonchev–Trinajstić information content (AvgIpc) is 2.97. The highest BCUT2D eigenvalue weighted by Gasteiger charge is 2.27. The van der Waals surface area contributed by atoms with Gasteiger partial charge >= 0.3 is 0 Å². The predicted molar refractivity (Wildman–Crippen MR) is 56.5 cm³/mol. The minimum Gasteiger partial charge on any atom is -0.366 e. The Morgan fingerprint density at radius 3 is 2.93 bits per heavy atom. The van der Waals surface area contributed by atoms with Crippen molar-refractivity contribution in [3.05, 3.63) is 30.0 Å². The van der Waals surface area contributed by atoms with E-state index >= 15 is 0 Å². The Morgan fingerprint density at radius 2 is 2.27 bits per heavy atom. The first kappa shape index (κ1) is 8.47. The summed E-state index contributed by atoms with van der Waals surface area (Å²) in [5.74, 6) is -0.386. The molecule has 0 spiro atoms. The summed E-state index contributed by atoms with van der Waals surface area (Å²) in [6.45, 7) is 0. The number of primary amides is 1. The number of rotatable bonds is 2. The molecule has 1 aliphatic carbocycles. The van der Waals surface area contributed by atoms with Gasteiger partial charge in [-0.1, -0.05) is 12.1 Å². The molecule has 4 nitrogen and oxygen atoms in total. The van der Waals surface area contributed by atoms with Gasteiger partial charge in [0.05, 0.1) is 23.3 Å². The van der Waals surface area contributed by atoms with Gasteiger partial charge in [0.2, 0.25) is 0 Å². The predicted octanol–water partition coefficient (Wildman–Crippen LogP) is 1.47. The van der Waals surface area contributed by atoms with E-state index in [1.54, 1.807) is 12.3 Å². The van der Waals surface area contributed by atoms with Gasteiger partial charge < -0.3 is 5.73 Å². The first-order chi connectivity index (χ1) is 7.27. The van der Waals surface area contributed by atoms with Crippen molar-refractivity contribution < 1.29 is 4.79 Å². The Morgan fingerprint density at radius 1 is 1.47 bits per heavy atom. The van der Waals surface area contributed by atoms with Crippen LogP contribution in [0.5, 0.6) is 0 Å². The number of nitrogens with zero attached hydrogens (tertiary/aromatic N) is 2. The molecular weight excluding hydrogens is 190 g/mol. The van der Waals surface area contributed by atoms with Crippen molar-refractivity contribution in [2.75, 3.05) is 0 Å². The lowest BCUT2D eigenvalue weighted by atomic mass is 10.1. The van der Waals surface area contributed by atoms with Crippen LogP contribution in [0, 0.1) is 0 Å². The standard InChI is InChI=1S/C11H11N3O/c12-11(15)9-3-1-2-7-6-13-14(10(7)9)8-4-5-8/h1-3,6,8H,4-5H2,(H2,12,15). The van der Waals surface area contributed by atoms with Crippen LogP contribution in [0.25, 0.3) is 10.9 Å². The zero-order valence-corrected chi connectivity index (χ0v) is 8.18. The molecule has 1 heterocycles. The number of carbonyl (C=O) groups excluding carboxylic acids is 1. The first-order valence-corrected chi connectivity index (χ1v) is 5.03. The Hall–Kier alpha value is -1.84. The van der Waals surface area contributed by atoms with Crippen molar-refractivity contribution in [2.24, 2.45) is 5.73 Å². The second-order valence-electron chi connectivity index (χ2n) is 3.93. The molecule has 0 atom stereocenters. The van der Waals surface area contributed by atoms with Crippen molar-refractivity contribution in [3.8, 4) is 0 Å². The molecule has 1 aromatic heterocycles. The quantitative estimate of drug-likeness (QED) is 0.799. The van der Waals surface area contributed by atoms with Crippen LogP contribution < -0.4 is 5.73 Å². The molecule has 1 aliphatic rings. The fourth-order valence-corrected chi connectivity index (χ4v) is 1.90. The van der Waals surface area contributed by atoms with E-state index in [1.165, 1.54) is 0 Å². The van der Waals surface area contributed by atoms with Gasteiger partial charge in [0, 0.05) is 5.39 Å². The molecule has 0 unspecified atom stereocenters. The van der Waals surface area contributed by atoms with Crippen LogP contribution in [-0.2, 0) is 0 Å². The molecule has 1 saturated carbocycles. The van der Waals surface area contributed by atoms with Gasteiger partial charge in [0.25, 0.3) is 5.91 Å². The summed E-state index contributed by atoms with van der Waals surface area (Å²) in [4.78, 5) is 11.3. The van der Waals surface area contributed by atoms with Crippen molar-refractivity contribution in [2.45, 2.75) is 18.9 Å². The van der Waals surface area contributed by atoms with Crippen LogP contribution in [0.15, 0.2) is 24.4 Å². The molecule has 15 heavy (non-hydrogen) atoms. The van der Waals surface area contributed by atoms with E-state index in [-0.39, 0.29) is 5.91 Å². The molecular formula is C11H11N3O. The number of benzene rings is 1. The third-order valence-corrected chi connectivity index (χ3v) is 2.78. The highest BCUT2D eigenvalue weighted by molar-refractivity contribution is 6.04. The highest BCUT2D eigenvalue weighted by atomic mass is 16.1. The molecule has 1 aromatic carbocycles. The maximum Gasteiger partial charge on any atom is 0.250 e. The molecule has 2 aromatic rings. The van der Waals surface area contributed by atoms with E-state index in [4.69, 9.17) is 5.73 Å². The number of fused-ring (bicyclic) bond motifs is 1. The van der Waals surface area contributed by atoms with Gasteiger partial charge in [-0.25, -0.2) is 0 Å². The van der Waals surface area contributed by atoms with Gasteiger partial charge in [-0.3, -0.25) is 9.48 Å². The molecule has 2 N–H and O–H groups in total. The number of nitrogens with two attached hydrogens (primary N) is 1. The van der Waals surface area contributed by atoms with Crippen molar-refractivity contribution in [1.82, 2.24) is 9.78 Å². The number of aromatic nitrogens is 2. The molecule has 1 fully saturated rings. The average molecular weight is 201 g/mol. The van der Waals surface area contributed by atoms with Crippen LogP contribution in [0.1, 0.15) is 29.2 Å². The van der Waals surface area contributed by atoms with E-state index in [2.05, 4.69) is 5.10 Å². The molecule has 1 amide bonds. The van der Waals surface area contributed by atoms with Crippen molar-refractivity contribution >= 4 is 16.8 Å². The zero-order valence-electron chi connectivity index (χ0n) is 8.18. The van der Waals surface area contributed by atoms with Crippen LogP contribution in [-0.4, -0.2) is 15.7 Å². The molecule has 4 heteroatoms. The fraction of sp³-hybridized carbons (Fsp3) is 0.273. The number of amides is 1. The van der Waals surface area contributed by atoms with E-state index in [9.17, 15) is 4.79 Å². The first-order valence-electron chi connectivity index (χ1n) is 5.03. The normalized spacial score (nSPS) is 15.7. The molecule has 0 saturated heterocycles.